The molecule has 4 rings (SSSR count). The van der Waals surface area contributed by atoms with Crippen molar-refractivity contribution in [3.05, 3.63) is 71.4 Å². The molecule has 3 N–H and O–H groups in total. The van der Waals surface area contributed by atoms with Crippen LogP contribution in [0.1, 0.15) is 40.9 Å². The lowest BCUT2D eigenvalue weighted by molar-refractivity contribution is -0.131. The summed E-state index contributed by atoms with van der Waals surface area (Å²) in [5.74, 6) is 2.44. The van der Waals surface area contributed by atoms with E-state index in [1.807, 2.05) is 37.3 Å². The smallest absolute Gasteiger partial charge is 0.251 e. The first-order valence-electron chi connectivity index (χ1n) is 11.9. The number of hydroxylamine groups is 1. The number of piperidine rings is 1. The van der Waals surface area contributed by atoms with Gasteiger partial charge in [0.25, 0.3) is 5.91 Å². The van der Waals surface area contributed by atoms with Gasteiger partial charge in [-0.15, -0.1) is 6.42 Å². The second-order valence-electron chi connectivity index (χ2n) is 9.18. The van der Waals surface area contributed by atoms with Gasteiger partial charge in [0.05, 0.1) is 24.0 Å². The number of benzene rings is 2. The van der Waals surface area contributed by atoms with Crippen LogP contribution in [0, 0.1) is 19.3 Å². The highest BCUT2D eigenvalue weighted by Crippen LogP contribution is 2.27. The predicted octanol–water partition coefficient (Wildman–Crippen LogP) is 3.22. The van der Waals surface area contributed by atoms with Crippen molar-refractivity contribution in [2.24, 2.45) is 0 Å². The zero-order valence-corrected chi connectivity index (χ0v) is 20.3. The quantitative estimate of drug-likeness (QED) is 0.257. The minimum absolute atomic E-state index is 0.0143. The Kier molecular flexibility index (Phi) is 7.84. The van der Waals surface area contributed by atoms with Crippen molar-refractivity contribution < 1.29 is 19.5 Å². The van der Waals surface area contributed by atoms with E-state index in [1.165, 1.54) is 0 Å². The molecule has 0 spiro atoms. The first-order valence-corrected chi connectivity index (χ1v) is 11.9. The zero-order valence-electron chi connectivity index (χ0n) is 20.3. The fraction of sp³-hybridized carbons (Fsp3) is 0.321. The molecular weight excluding hydrogens is 456 g/mol. The van der Waals surface area contributed by atoms with Crippen molar-refractivity contribution in [3.63, 3.8) is 0 Å². The molecule has 2 amide bonds. The minimum atomic E-state index is -0.759. The van der Waals surface area contributed by atoms with Gasteiger partial charge in [0.1, 0.15) is 12.4 Å². The molecule has 2 heterocycles. The van der Waals surface area contributed by atoms with E-state index in [2.05, 4.69) is 21.1 Å². The third-order valence-corrected chi connectivity index (χ3v) is 6.57. The highest BCUT2D eigenvalue weighted by Gasteiger charge is 2.38. The molecule has 186 valence electrons. The molecule has 1 aliphatic rings. The van der Waals surface area contributed by atoms with Crippen molar-refractivity contribution in [2.75, 3.05) is 19.6 Å². The molecule has 0 radical (unpaired) electrons. The summed E-state index contributed by atoms with van der Waals surface area (Å²) in [6, 6.07) is 16.9. The maximum absolute atomic E-state index is 13.1. The number of ether oxygens (including phenoxy) is 1. The van der Waals surface area contributed by atoms with Crippen LogP contribution in [0.25, 0.3) is 10.9 Å². The third-order valence-electron chi connectivity index (χ3n) is 6.57. The van der Waals surface area contributed by atoms with Gasteiger partial charge in [-0.25, -0.2) is 5.48 Å². The molecule has 36 heavy (non-hydrogen) atoms. The fourth-order valence-corrected chi connectivity index (χ4v) is 4.65. The van der Waals surface area contributed by atoms with Gasteiger partial charge >= 0.3 is 0 Å². The van der Waals surface area contributed by atoms with Crippen LogP contribution in [-0.4, -0.2) is 52.1 Å². The van der Waals surface area contributed by atoms with Crippen LogP contribution in [0.3, 0.4) is 0 Å². The van der Waals surface area contributed by atoms with Crippen LogP contribution < -0.4 is 15.5 Å². The minimum Gasteiger partial charge on any atom is -0.489 e. The standard InChI is InChI=1S/C28H30N4O4/c1-3-14-32-15-12-28(13-16-32,18-26(33)31-35)30-27(34)21-8-10-23(11-9-21)36-19-22-17-20(2)29-25-7-5-4-6-24(22)25/h1,4-11,17,35H,12-16,18-19H2,2H3,(H,30,34)(H,31,33). The zero-order chi connectivity index (χ0) is 25.5. The van der Waals surface area contributed by atoms with Gasteiger partial charge < -0.3 is 10.1 Å². The van der Waals surface area contributed by atoms with E-state index in [4.69, 9.17) is 16.4 Å². The summed E-state index contributed by atoms with van der Waals surface area (Å²) in [5, 5.41) is 13.1. The van der Waals surface area contributed by atoms with E-state index < -0.39 is 11.4 Å². The van der Waals surface area contributed by atoms with Crippen molar-refractivity contribution in [1.29, 1.82) is 0 Å². The predicted molar refractivity (Wildman–Crippen MR) is 137 cm³/mol. The summed E-state index contributed by atoms with van der Waals surface area (Å²) >= 11 is 0. The molecule has 1 saturated heterocycles. The Morgan fingerprint density at radius 2 is 1.89 bits per heavy atom. The lowest BCUT2D eigenvalue weighted by Crippen LogP contribution is -2.57. The molecule has 1 fully saturated rings. The number of hydrogen-bond donors (Lipinski definition) is 3. The first kappa shape index (κ1) is 25.2. The van der Waals surface area contributed by atoms with Gasteiger partial charge in [-0.05, 0) is 56.2 Å². The summed E-state index contributed by atoms with van der Waals surface area (Å²) in [6.45, 7) is 4.16. The number of para-hydroxylation sites is 1. The number of terminal acetylenes is 1. The summed E-state index contributed by atoms with van der Waals surface area (Å²) in [5.41, 5.74) is 4.27. The number of nitrogens with one attached hydrogen (secondary N) is 2. The van der Waals surface area contributed by atoms with Crippen molar-refractivity contribution in [1.82, 2.24) is 20.7 Å². The monoisotopic (exact) mass is 486 g/mol. The van der Waals surface area contributed by atoms with E-state index in [0.29, 0.717) is 50.4 Å². The maximum atomic E-state index is 13.1. The molecule has 0 bridgehead atoms. The van der Waals surface area contributed by atoms with Crippen LogP contribution in [0.2, 0.25) is 0 Å². The number of aryl methyl sites for hydroxylation is 1. The van der Waals surface area contributed by atoms with Gasteiger partial charge in [-0.1, -0.05) is 24.1 Å². The van der Waals surface area contributed by atoms with Gasteiger partial charge in [0.15, 0.2) is 0 Å². The molecule has 3 aromatic rings. The van der Waals surface area contributed by atoms with E-state index >= 15 is 0 Å². The van der Waals surface area contributed by atoms with Gasteiger partial charge in [0.2, 0.25) is 5.91 Å². The van der Waals surface area contributed by atoms with Crippen LogP contribution in [0.4, 0.5) is 0 Å². The molecule has 1 aromatic heterocycles. The summed E-state index contributed by atoms with van der Waals surface area (Å²) in [4.78, 5) is 31.7. The SMILES string of the molecule is C#CCN1CCC(CC(=O)NO)(NC(=O)c2ccc(OCc3cc(C)nc4ccccc34)cc2)CC1. The first-order chi connectivity index (χ1) is 17.4. The van der Waals surface area contributed by atoms with Crippen LogP contribution in [-0.2, 0) is 11.4 Å². The Hall–Kier alpha value is -3.93. The Balaban J connectivity index is 1.42. The summed E-state index contributed by atoms with van der Waals surface area (Å²) in [7, 11) is 0. The number of amides is 2. The number of fused-ring (bicyclic) bond motifs is 1. The Morgan fingerprint density at radius 1 is 1.17 bits per heavy atom. The van der Waals surface area contributed by atoms with Gasteiger partial charge in [-0.2, -0.15) is 0 Å². The topological polar surface area (TPSA) is 104 Å². The lowest BCUT2D eigenvalue weighted by Gasteiger charge is -2.41. The number of rotatable bonds is 8. The molecule has 2 aromatic carbocycles. The number of carbonyl (C=O) groups excluding carboxylic acids is 2. The molecular formula is C28H30N4O4. The van der Waals surface area contributed by atoms with Crippen molar-refractivity contribution in [2.45, 2.75) is 38.3 Å². The van der Waals surface area contributed by atoms with E-state index in [-0.39, 0.29) is 12.3 Å². The fourth-order valence-electron chi connectivity index (χ4n) is 4.65. The number of likely N-dealkylation sites (tertiary alicyclic amines) is 1. The second-order valence-corrected chi connectivity index (χ2v) is 9.18. The summed E-state index contributed by atoms with van der Waals surface area (Å²) in [6.07, 6.45) is 6.50. The number of hydrogen-bond acceptors (Lipinski definition) is 6. The van der Waals surface area contributed by atoms with E-state index in [1.54, 1.807) is 29.7 Å². The Morgan fingerprint density at radius 3 is 2.58 bits per heavy atom. The molecule has 1 aliphatic heterocycles. The second kappa shape index (κ2) is 11.2. The molecule has 8 nitrogen and oxygen atoms in total. The highest BCUT2D eigenvalue weighted by atomic mass is 16.5. The number of pyridine rings is 1. The number of aromatic nitrogens is 1. The van der Waals surface area contributed by atoms with Crippen LogP contribution in [0.5, 0.6) is 5.75 Å². The molecule has 0 unspecified atom stereocenters. The Bertz CT molecular complexity index is 1270. The highest BCUT2D eigenvalue weighted by molar-refractivity contribution is 5.95. The van der Waals surface area contributed by atoms with Crippen molar-refractivity contribution >= 4 is 22.7 Å². The molecule has 0 atom stereocenters. The summed E-state index contributed by atoms with van der Waals surface area (Å²) < 4.78 is 6.00. The van der Waals surface area contributed by atoms with Crippen LogP contribution >= 0.6 is 0 Å². The molecule has 8 heteroatoms. The third kappa shape index (κ3) is 6.00. The maximum Gasteiger partial charge on any atom is 0.251 e. The number of carbonyl (C=O) groups is 2. The van der Waals surface area contributed by atoms with Gasteiger partial charge in [0, 0.05) is 35.3 Å². The largest absolute Gasteiger partial charge is 0.489 e. The van der Waals surface area contributed by atoms with Gasteiger partial charge in [-0.3, -0.25) is 24.7 Å². The Labute approximate surface area is 210 Å². The van der Waals surface area contributed by atoms with E-state index in [9.17, 15) is 9.59 Å². The van der Waals surface area contributed by atoms with Crippen molar-refractivity contribution in [3.8, 4) is 18.1 Å². The van der Waals surface area contributed by atoms with Crippen LogP contribution in [0.15, 0.2) is 54.6 Å². The van der Waals surface area contributed by atoms with E-state index in [0.717, 1.165) is 22.2 Å². The molecule has 0 saturated carbocycles. The normalized spacial score (nSPS) is 15.1. The number of nitrogens with zero attached hydrogens (tertiary/aromatic N) is 2. The molecule has 0 aliphatic carbocycles. The average Bonchev–Trinajstić information content (AvgIpc) is 2.89. The lowest BCUT2D eigenvalue weighted by atomic mass is 9.83. The average molecular weight is 487 g/mol.